The Morgan fingerprint density at radius 3 is 2.86 bits per heavy atom. The maximum atomic E-state index is 5.69. The Balaban J connectivity index is 1.72. The third kappa shape index (κ3) is 2.71. The molecule has 0 aromatic rings. The third-order valence-electron chi connectivity index (χ3n) is 3.69. The van der Waals surface area contributed by atoms with E-state index in [1.165, 1.54) is 45.1 Å². The van der Waals surface area contributed by atoms with Gasteiger partial charge in [0.1, 0.15) is 0 Å². The quantitative estimate of drug-likeness (QED) is 0.750. The van der Waals surface area contributed by atoms with Gasteiger partial charge in [0.2, 0.25) is 0 Å². The van der Waals surface area contributed by atoms with Crippen molar-refractivity contribution in [3.63, 3.8) is 0 Å². The van der Waals surface area contributed by atoms with Crippen molar-refractivity contribution in [2.45, 2.75) is 57.6 Å². The molecule has 2 aliphatic heterocycles. The van der Waals surface area contributed by atoms with Crippen LogP contribution >= 0.6 is 0 Å². The van der Waals surface area contributed by atoms with Gasteiger partial charge in [-0.3, -0.25) is 0 Å². The van der Waals surface area contributed by atoms with Gasteiger partial charge in [0, 0.05) is 12.6 Å². The summed E-state index contributed by atoms with van der Waals surface area (Å²) in [4.78, 5) is 0. The summed E-state index contributed by atoms with van der Waals surface area (Å²) < 4.78 is 5.69. The second-order valence-electron chi connectivity index (χ2n) is 4.90. The highest BCUT2D eigenvalue weighted by Gasteiger charge is 2.24. The molecule has 2 heterocycles. The summed E-state index contributed by atoms with van der Waals surface area (Å²) in [6.07, 6.45) is 8.53. The standard InChI is InChI=1S/C12H23NO/c1-10(9-11-5-4-8-14-11)12-6-2-3-7-13-12/h10-13H,2-9H2,1H3. The summed E-state index contributed by atoms with van der Waals surface area (Å²) in [6.45, 7) is 4.60. The van der Waals surface area contributed by atoms with E-state index in [1.807, 2.05) is 0 Å². The molecule has 2 nitrogen and oxygen atoms in total. The molecule has 82 valence electrons. The highest BCUT2D eigenvalue weighted by atomic mass is 16.5. The van der Waals surface area contributed by atoms with E-state index in [4.69, 9.17) is 4.74 Å². The molecule has 0 aromatic heterocycles. The van der Waals surface area contributed by atoms with E-state index in [9.17, 15) is 0 Å². The molecular weight excluding hydrogens is 174 g/mol. The van der Waals surface area contributed by atoms with Crippen LogP contribution in [-0.2, 0) is 4.74 Å². The maximum Gasteiger partial charge on any atom is 0.0579 e. The topological polar surface area (TPSA) is 21.3 Å². The van der Waals surface area contributed by atoms with Crippen LogP contribution in [0.25, 0.3) is 0 Å². The molecule has 0 amide bonds. The first-order chi connectivity index (χ1) is 6.86. The van der Waals surface area contributed by atoms with Gasteiger partial charge in [0.15, 0.2) is 0 Å². The van der Waals surface area contributed by atoms with Crippen molar-refractivity contribution in [2.24, 2.45) is 5.92 Å². The van der Waals surface area contributed by atoms with Gasteiger partial charge in [-0.25, -0.2) is 0 Å². The zero-order chi connectivity index (χ0) is 9.80. The highest BCUT2D eigenvalue weighted by Crippen LogP contribution is 2.24. The molecule has 2 aliphatic rings. The van der Waals surface area contributed by atoms with Crippen LogP contribution in [0.15, 0.2) is 0 Å². The van der Waals surface area contributed by atoms with E-state index in [0.29, 0.717) is 6.10 Å². The fraction of sp³-hybridized carbons (Fsp3) is 1.00. The average Bonchev–Trinajstić information content (AvgIpc) is 2.72. The number of ether oxygens (including phenoxy) is 1. The van der Waals surface area contributed by atoms with E-state index in [-0.39, 0.29) is 0 Å². The van der Waals surface area contributed by atoms with Crippen LogP contribution in [0, 0.1) is 5.92 Å². The largest absolute Gasteiger partial charge is 0.378 e. The fourth-order valence-electron chi connectivity index (χ4n) is 2.77. The van der Waals surface area contributed by atoms with Gasteiger partial charge in [-0.1, -0.05) is 13.3 Å². The van der Waals surface area contributed by atoms with Crippen molar-refractivity contribution >= 4 is 0 Å². The van der Waals surface area contributed by atoms with Gasteiger partial charge in [-0.05, 0) is 44.6 Å². The zero-order valence-electron chi connectivity index (χ0n) is 9.30. The van der Waals surface area contributed by atoms with E-state index in [0.717, 1.165) is 18.6 Å². The van der Waals surface area contributed by atoms with Gasteiger partial charge < -0.3 is 10.1 Å². The van der Waals surface area contributed by atoms with Gasteiger partial charge in [0.25, 0.3) is 0 Å². The molecule has 0 aromatic carbocycles. The molecule has 3 atom stereocenters. The van der Waals surface area contributed by atoms with Crippen LogP contribution in [-0.4, -0.2) is 25.3 Å². The normalized spacial score (nSPS) is 35.8. The molecule has 0 bridgehead atoms. The number of rotatable bonds is 3. The third-order valence-corrected chi connectivity index (χ3v) is 3.69. The number of hydrogen-bond acceptors (Lipinski definition) is 2. The van der Waals surface area contributed by atoms with Gasteiger partial charge in [-0.2, -0.15) is 0 Å². The Hall–Kier alpha value is -0.0800. The van der Waals surface area contributed by atoms with Crippen molar-refractivity contribution in [3.8, 4) is 0 Å². The van der Waals surface area contributed by atoms with Crippen molar-refractivity contribution < 1.29 is 4.74 Å². The van der Waals surface area contributed by atoms with E-state index in [1.54, 1.807) is 0 Å². The second kappa shape index (κ2) is 5.13. The van der Waals surface area contributed by atoms with Crippen LogP contribution in [0.5, 0.6) is 0 Å². The predicted molar refractivity (Wildman–Crippen MR) is 58.4 cm³/mol. The first-order valence-electron chi connectivity index (χ1n) is 6.21. The number of hydrogen-bond donors (Lipinski definition) is 1. The van der Waals surface area contributed by atoms with Gasteiger partial charge in [0.05, 0.1) is 6.10 Å². The first-order valence-corrected chi connectivity index (χ1v) is 6.21. The molecule has 0 radical (unpaired) electrons. The molecule has 2 saturated heterocycles. The van der Waals surface area contributed by atoms with Crippen molar-refractivity contribution in [1.82, 2.24) is 5.32 Å². The van der Waals surface area contributed by atoms with Crippen molar-refractivity contribution in [2.75, 3.05) is 13.2 Å². The summed E-state index contributed by atoms with van der Waals surface area (Å²) in [5, 5.41) is 3.64. The van der Waals surface area contributed by atoms with Crippen LogP contribution < -0.4 is 5.32 Å². The Bertz CT molecular complexity index is 160. The van der Waals surface area contributed by atoms with Crippen LogP contribution in [0.2, 0.25) is 0 Å². The summed E-state index contributed by atoms with van der Waals surface area (Å²) in [5.41, 5.74) is 0. The van der Waals surface area contributed by atoms with Crippen LogP contribution in [0.3, 0.4) is 0 Å². The lowest BCUT2D eigenvalue weighted by Gasteiger charge is -2.30. The minimum atomic E-state index is 0.564. The number of nitrogens with one attached hydrogen (secondary N) is 1. The smallest absolute Gasteiger partial charge is 0.0579 e. The molecule has 0 saturated carbocycles. The zero-order valence-corrected chi connectivity index (χ0v) is 9.30. The molecular formula is C12H23NO. The lowest BCUT2D eigenvalue weighted by atomic mass is 9.89. The Kier molecular flexibility index (Phi) is 3.82. The molecule has 2 rings (SSSR count). The fourth-order valence-corrected chi connectivity index (χ4v) is 2.77. The molecule has 0 spiro atoms. The average molecular weight is 197 g/mol. The predicted octanol–water partition coefficient (Wildman–Crippen LogP) is 2.33. The lowest BCUT2D eigenvalue weighted by molar-refractivity contribution is 0.0836. The van der Waals surface area contributed by atoms with E-state index < -0.39 is 0 Å². The van der Waals surface area contributed by atoms with Gasteiger partial charge in [-0.15, -0.1) is 0 Å². The molecule has 14 heavy (non-hydrogen) atoms. The molecule has 1 N–H and O–H groups in total. The minimum Gasteiger partial charge on any atom is -0.378 e. The highest BCUT2D eigenvalue weighted by molar-refractivity contribution is 4.80. The minimum absolute atomic E-state index is 0.564. The molecule has 0 aliphatic carbocycles. The molecule has 2 fully saturated rings. The Morgan fingerprint density at radius 2 is 2.21 bits per heavy atom. The van der Waals surface area contributed by atoms with Crippen molar-refractivity contribution in [1.29, 1.82) is 0 Å². The number of piperidine rings is 1. The second-order valence-corrected chi connectivity index (χ2v) is 4.90. The summed E-state index contributed by atoms with van der Waals surface area (Å²) >= 11 is 0. The maximum absolute atomic E-state index is 5.69. The Labute approximate surface area is 87.4 Å². The van der Waals surface area contributed by atoms with E-state index in [2.05, 4.69) is 12.2 Å². The van der Waals surface area contributed by atoms with Crippen LogP contribution in [0.4, 0.5) is 0 Å². The summed E-state index contributed by atoms with van der Waals surface area (Å²) in [6, 6.07) is 0.757. The summed E-state index contributed by atoms with van der Waals surface area (Å²) in [7, 11) is 0. The Morgan fingerprint density at radius 1 is 1.29 bits per heavy atom. The molecule has 2 heteroatoms. The monoisotopic (exact) mass is 197 g/mol. The van der Waals surface area contributed by atoms with Crippen molar-refractivity contribution in [3.05, 3.63) is 0 Å². The van der Waals surface area contributed by atoms with Gasteiger partial charge >= 0.3 is 0 Å². The molecule has 3 unspecified atom stereocenters. The summed E-state index contributed by atoms with van der Waals surface area (Å²) in [5.74, 6) is 0.790. The SMILES string of the molecule is CC(CC1CCCO1)C1CCCCN1. The van der Waals surface area contributed by atoms with E-state index >= 15 is 0 Å². The van der Waals surface area contributed by atoms with Crippen LogP contribution in [0.1, 0.15) is 45.4 Å². The lowest BCUT2D eigenvalue weighted by Crippen LogP contribution is -2.39. The first kappa shape index (κ1) is 10.4.